The van der Waals surface area contributed by atoms with Crippen molar-refractivity contribution in [2.75, 3.05) is 6.54 Å². The Hall–Kier alpha value is -1.34. The van der Waals surface area contributed by atoms with Crippen molar-refractivity contribution in [3.63, 3.8) is 0 Å². The van der Waals surface area contributed by atoms with Gasteiger partial charge in [0.1, 0.15) is 11.5 Å². The maximum absolute atomic E-state index is 12.1. The van der Waals surface area contributed by atoms with E-state index in [1.807, 2.05) is 19.2 Å². The second-order valence-electron chi connectivity index (χ2n) is 4.74. The standard InChI is InChI=1S/C14H19F2N3OS/c1-10-11(7-18-19-10)3-2-6-17-8-12-4-5-13(20-12)9-21-14(15)16/h4-5,7,14,17H,2-3,6,8-9H2,1H3,(H,18,19). The molecule has 0 aliphatic carbocycles. The minimum Gasteiger partial charge on any atom is -0.464 e. The number of nitrogens with zero attached hydrogens (tertiary/aromatic N) is 1. The largest absolute Gasteiger partial charge is 0.464 e. The average Bonchev–Trinajstić information content (AvgIpc) is 3.06. The number of nitrogens with one attached hydrogen (secondary N) is 2. The van der Waals surface area contributed by atoms with E-state index in [0.29, 0.717) is 24.1 Å². The summed E-state index contributed by atoms with van der Waals surface area (Å²) in [5.74, 6) is -0.786. The summed E-state index contributed by atoms with van der Waals surface area (Å²) in [6, 6.07) is 3.58. The molecule has 21 heavy (non-hydrogen) atoms. The fourth-order valence-corrected chi connectivity index (χ4v) is 2.43. The first-order valence-corrected chi connectivity index (χ1v) is 7.87. The van der Waals surface area contributed by atoms with Crippen LogP contribution in [0.15, 0.2) is 22.7 Å². The normalized spacial score (nSPS) is 11.4. The van der Waals surface area contributed by atoms with Crippen molar-refractivity contribution in [3.05, 3.63) is 41.1 Å². The average molecular weight is 315 g/mol. The maximum atomic E-state index is 12.1. The van der Waals surface area contributed by atoms with Crippen LogP contribution in [0.25, 0.3) is 0 Å². The number of aryl methyl sites for hydroxylation is 2. The van der Waals surface area contributed by atoms with Gasteiger partial charge in [0.25, 0.3) is 5.76 Å². The summed E-state index contributed by atoms with van der Waals surface area (Å²) in [6.45, 7) is 3.49. The van der Waals surface area contributed by atoms with Gasteiger partial charge in [-0.1, -0.05) is 11.8 Å². The summed E-state index contributed by atoms with van der Waals surface area (Å²) in [5, 5.41) is 10.2. The first-order chi connectivity index (χ1) is 10.1. The Labute approximate surface area is 126 Å². The predicted octanol–water partition coefficient (Wildman–Crippen LogP) is 3.49. The van der Waals surface area contributed by atoms with Gasteiger partial charge < -0.3 is 9.73 Å². The van der Waals surface area contributed by atoms with Gasteiger partial charge in [-0.2, -0.15) is 13.9 Å². The van der Waals surface area contributed by atoms with Crippen LogP contribution in [0.5, 0.6) is 0 Å². The second-order valence-corrected chi connectivity index (χ2v) is 5.72. The number of furan rings is 1. The number of alkyl halides is 2. The highest BCUT2D eigenvalue weighted by Gasteiger charge is 2.07. The molecule has 0 unspecified atom stereocenters. The molecule has 0 spiro atoms. The minimum atomic E-state index is -2.36. The lowest BCUT2D eigenvalue weighted by atomic mass is 10.1. The topological polar surface area (TPSA) is 53.9 Å². The first kappa shape index (κ1) is 16.0. The van der Waals surface area contributed by atoms with Gasteiger partial charge in [0.2, 0.25) is 0 Å². The van der Waals surface area contributed by atoms with E-state index < -0.39 is 5.76 Å². The molecule has 2 aromatic heterocycles. The third-order valence-corrected chi connectivity index (χ3v) is 3.81. The van der Waals surface area contributed by atoms with Crippen molar-refractivity contribution in [2.24, 2.45) is 0 Å². The van der Waals surface area contributed by atoms with Crippen molar-refractivity contribution in [1.29, 1.82) is 0 Å². The summed E-state index contributed by atoms with van der Waals surface area (Å²) < 4.78 is 29.6. The highest BCUT2D eigenvalue weighted by atomic mass is 32.2. The molecular formula is C14H19F2N3OS. The molecule has 0 saturated carbocycles. The third-order valence-electron chi connectivity index (χ3n) is 3.10. The van der Waals surface area contributed by atoms with Crippen molar-refractivity contribution in [1.82, 2.24) is 15.5 Å². The van der Waals surface area contributed by atoms with E-state index in [-0.39, 0.29) is 5.75 Å². The van der Waals surface area contributed by atoms with Gasteiger partial charge in [-0.25, -0.2) is 0 Å². The number of halogens is 2. The molecule has 2 aromatic rings. The van der Waals surface area contributed by atoms with E-state index in [2.05, 4.69) is 15.5 Å². The Morgan fingerprint density at radius 3 is 2.90 bits per heavy atom. The molecule has 0 fully saturated rings. The fraction of sp³-hybridized carbons (Fsp3) is 0.500. The lowest BCUT2D eigenvalue weighted by Gasteiger charge is -2.03. The molecule has 0 aromatic carbocycles. The SMILES string of the molecule is Cc1[nH]ncc1CCCNCc1ccc(CSC(F)F)o1. The van der Waals surface area contributed by atoms with Gasteiger partial charge in [0, 0.05) is 5.69 Å². The highest BCUT2D eigenvalue weighted by molar-refractivity contribution is 7.98. The van der Waals surface area contributed by atoms with E-state index in [0.717, 1.165) is 30.8 Å². The smallest absolute Gasteiger partial charge is 0.284 e. The molecule has 0 aliphatic heterocycles. The molecule has 4 nitrogen and oxygen atoms in total. The Balaban J connectivity index is 1.61. The fourth-order valence-electron chi connectivity index (χ4n) is 1.98. The molecule has 2 rings (SSSR count). The summed E-state index contributed by atoms with van der Waals surface area (Å²) in [5.41, 5.74) is 2.35. The van der Waals surface area contributed by atoms with Crippen LogP contribution in [0.1, 0.15) is 29.2 Å². The molecule has 2 heterocycles. The van der Waals surface area contributed by atoms with Crippen molar-refractivity contribution < 1.29 is 13.2 Å². The minimum absolute atomic E-state index is 0.206. The number of H-pyrrole nitrogens is 1. The van der Waals surface area contributed by atoms with E-state index in [4.69, 9.17) is 4.42 Å². The molecule has 0 aliphatic rings. The third kappa shape index (κ3) is 5.51. The summed E-state index contributed by atoms with van der Waals surface area (Å²) >= 11 is 0.573. The second kappa shape index (κ2) is 8.19. The van der Waals surface area contributed by atoms with Gasteiger partial charge in [0.05, 0.1) is 18.5 Å². The zero-order valence-corrected chi connectivity index (χ0v) is 12.7. The van der Waals surface area contributed by atoms with Crippen molar-refractivity contribution in [3.8, 4) is 0 Å². The molecular weight excluding hydrogens is 296 g/mol. The van der Waals surface area contributed by atoms with E-state index in [1.165, 1.54) is 5.56 Å². The van der Waals surface area contributed by atoms with Crippen molar-refractivity contribution in [2.45, 2.75) is 37.8 Å². The zero-order valence-electron chi connectivity index (χ0n) is 11.9. The van der Waals surface area contributed by atoms with Gasteiger partial charge in [-0.3, -0.25) is 5.10 Å². The molecule has 2 N–H and O–H groups in total. The van der Waals surface area contributed by atoms with Crippen LogP contribution < -0.4 is 5.32 Å². The quantitative estimate of drug-likeness (QED) is 0.696. The number of aromatic amines is 1. The number of thioether (sulfide) groups is 1. The highest BCUT2D eigenvalue weighted by Crippen LogP contribution is 2.21. The van der Waals surface area contributed by atoms with Crippen LogP contribution in [0.3, 0.4) is 0 Å². The Morgan fingerprint density at radius 2 is 2.19 bits per heavy atom. The van der Waals surface area contributed by atoms with E-state index >= 15 is 0 Å². The lowest BCUT2D eigenvalue weighted by molar-refractivity contribution is 0.251. The number of aromatic nitrogens is 2. The summed E-state index contributed by atoms with van der Waals surface area (Å²) in [4.78, 5) is 0. The van der Waals surface area contributed by atoms with Crippen LogP contribution in [0.2, 0.25) is 0 Å². The van der Waals surface area contributed by atoms with Crippen LogP contribution in [0.4, 0.5) is 8.78 Å². The first-order valence-electron chi connectivity index (χ1n) is 6.82. The molecule has 7 heteroatoms. The summed E-state index contributed by atoms with van der Waals surface area (Å²) in [6.07, 6.45) is 3.84. The molecule has 0 radical (unpaired) electrons. The lowest BCUT2D eigenvalue weighted by Crippen LogP contribution is -2.14. The predicted molar refractivity (Wildman–Crippen MR) is 79.4 cm³/mol. The van der Waals surface area contributed by atoms with Crippen LogP contribution in [-0.2, 0) is 18.7 Å². The van der Waals surface area contributed by atoms with Crippen molar-refractivity contribution >= 4 is 11.8 Å². The van der Waals surface area contributed by atoms with E-state index in [9.17, 15) is 8.78 Å². The zero-order chi connectivity index (χ0) is 15.1. The van der Waals surface area contributed by atoms with Crippen LogP contribution in [0, 0.1) is 6.92 Å². The van der Waals surface area contributed by atoms with Crippen LogP contribution in [-0.4, -0.2) is 22.5 Å². The Morgan fingerprint density at radius 1 is 1.38 bits per heavy atom. The molecule has 116 valence electrons. The Bertz CT molecular complexity index is 542. The monoisotopic (exact) mass is 315 g/mol. The number of hydrogen-bond acceptors (Lipinski definition) is 4. The van der Waals surface area contributed by atoms with Gasteiger partial charge in [0.15, 0.2) is 0 Å². The molecule has 0 bridgehead atoms. The number of rotatable bonds is 9. The van der Waals surface area contributed by atoms with Gasteiger partial charge in [-0.15, -0.1) is 0 Å². The van der Waals surface area contributed by atoms with Gasteiger partial charge in [-0.05, 0) is 44.0 Å². The maximum Gasteiger partial charge on any atom is 0.284 e. The van der Waals surface area contributed by atoms with Crippen LogP contribution >= 0.6 is 11.8 Å². The molecule has 0 atom stereocenters. The van der Waals surface area contributed by atoms with Gasteiger partial charge >= 0.3 is 0 Å². The summed E-state index contributed by atoms with van der Waals surface area (Å²) in [7, 11) is 0. The molecule has 0 amide bonds. The van der Waals surface area contributed by atoms with E-state index in [1.54, 1.807) is 6.07 Å². The molecule has 0 saturated heterocycles. The number of hydrogen-bond donors (Lipinski definition) is 2. The Kier molecular flexibility index (Phi) is 6.25.